The molecule has 0 aliphatic rings. The first-order valence-electron chi connectivity index (χ1n) is 5.62. The van der Waals surface area contributed by atoms with Crippen LogP contribution in [0, 0.1) is 0 Å². The van der Waals surface area contributed by atoms with Gasteiger partial charge in [0.15, 0.2) is 6.29 Å². The molecule has 0 aromatic heterocycles. The minimum Gasteiger partial charge on any atom is -0.493 e. The fourth-order valence-corrected chi connectivity index (χ4v) is 1.72. The van der Waals surface area contributed by atoms with Crippen molar-refractivity contribution >= 4 is 6.29 Å². The van der Waals surface area contributed by atoms with Gasteiger partial charge in [-0.15, -0.1) is 0 Å². The first-order chi connectivity index (χ1) is 8.35. The highest BCUT2D eigenvalue weighted by Gasteiger charge is 2.05. The Hall–Kier alpha value is -2.09. The van der Waals surface area contributed by atoms with E-state index >= 15 is 0 Å². The lowest BCUT2D eigenvalue weighted by Gasteiger charge is -2.08. The van der Waals surface area contributed by atoms with Gasteiger partial charge in [-0.25, -0.2) is 0 Å². The third-order valence-electron chi connectivity index (χ3n) is 2.55. The van der Waals surface area contributed by atoms with Crippen molar-refractivity contribution in [3.05, 3.63) is 54.1 Å². The molecule has 0 atom stereocenters. The van der Waals surface area contributed by atoms with Gasteiger partial charge in [0.1, 0.15) is 5.75 Å². The van der Waals surface area contributed by atoms with Crippen molar-refractivity contribution in [3.8, 4) is 16.9 Å². The third kappa shape index (κ3) is 2.53. The van der Waals surface area contributed by atoms with Crippen LogP contribution >= 0.6 is 0 Å². The van der Waals surface area contributed by atoms with E-state index in [0.717, 1.165) is 17.4 Å². The monoisotopic (exact) mass is 226 g/mol. The SMILES string of the molecule is CCOc1cc(-c2ccccc2)ccc1C=O. The van der Waals surface area contributed by atoms with E-state index in [1.54, 1.807) is 6.07 Å². The first kappa shape index (κ1) is 11.4. The quantitative estimate of drug-likeness (QED) is 0.745. The summed E-state index contributed by atoms with van der Waals surface area (Å²) in [4.78, 5) is 10.9. The van der Waals surface area contributed by atoms with Crippen LogP contribution in [0.4, 0.5) is 0 Å². The van der Waals surface area contributed by atoms with E-state index in [-0.39, 0.29) is 0 Å². The number of ether oxygens (including phenoxy) is 1. The summed E-state index contributed by atoms with van der Waals surface area (Å²) in [5.74, 6) is 0.642. The zero-order valence-electron chi connectivity index (χ0n) is 9.72. The average Bonchev–Trinajstić information content (AvgIpc) is 2.40. The highest BCUT2D eigenvalue weighted by atomic mass is 16.5. The molecule has 0 amide bonds. The van der Waals surface area contributed by atoms with E-state index in [1.807, 2.05) is 49.4 Å². The van der Waals surface area contributed by atoms with Crippen molar-refractivity contribution in [1.29, 1.82) is 0 Å². The molecule has 0 N–H and O–H groups in total. The van der Waals surface area contributed by atoms with E-state index in [4.69, 9.17) is 4.74 Å². The van der Waals surface area contributed by atoms with Gasteiger partial charge in [0.2, 0.25) is 0 Å². The van der Waals surface area contributed by atoms with Crippen molar-refractivity contribution in [2.45, 2.75) is 6.92 Å². The molecule has 0 saturated heterocycles. The normalized spacial score (nSPS) is 9.94. The maximum atomic E-state index is 10.9. The Morgan fingerprint density at radius 2 is 1.82 bits per heavy atom. The van der Waals surface area contributed by atoms with Crippen molar-refractivity contribution in [3.63, 3.8) is 0 Å². The first-order valence-corrected chi connectivity index (χ1v) is 5.62. The topological polar surface area (TPSA) is 26.3 Å². The number of carbonyl (C=O) groups excluding carboxylic acids is 1. The predicted octanol–water partition coefficient (Wildman–Crippen LogP) is 3.56. The molecule has 0 aliphatic heterocycles. The molecule has 0 saturated carbocycles. The fourth-order valence-electron chi connectivity index (χ4n) is 1.72. The van der Waals surface area contributed by atoms with E-state index in [0.29, 0.717) is 17.9 Å². The molecule has 2 nitrogen and oxygen atoms in total. The lowest BCUT2D eigenvalue weighted by Crippen LogP contribution is -1.96. The lowest BCUT2D eigenvalue weighted by atomic mass is 10.0. The molecule has 86 valence electrons. The van der Waals surface area contributed by atoms with E-state index in [2.05, 4.69) is 0 Å². The summed E-state index contributed by atoms with van der Waals surface area (Å²) in [6.45, 7) is 2.46. The van der Waals surface area contributed by atoms with Crippen molar-refractivity contribution in [1.82, 2.24) is 0 Å². The molecule has 0 bridgehead atoms. The lowest BCUT2D eigenvalue weighted by molar-refractivity contribution is 0.112. The van der Waals surface area contributed by atoms with Gasteiger partial charge in [-0.1, -0.05) is 36.4 Å². The summed E-state index contributed by atoms with van der Waals surface area (Å²) in [5, 5.41) is 0. The number of benzene rings is 2. The van der Waals surface area contributed by atoms with Crippen molar-refractivity contribution in [2.24, 2.45) is 0 Å². The highest BCUT2D eigenvalue weighted by molar-refractivity contribution is 5.81. The van der Waals surface area contributed by atoms with Crippen LogP contribution in [-0.2, 0) is 0 Å². The van der Waals surface area contributed by atoms with Gasteiger partial charge in [0.05, 0.1) is 12.2 Å². The number of aldehydes is 1. The number of carbonyl (C=O) groups is 1. The minimum absolute atomic E-state index is 0.555. The van der Waals surface area contributed by atoms with E-state index < -0.39 is 0 Å². The van der Waals surface area contributed by atoms with Gasteiger partial charge in [0, 0.05) is 0 Å². The zero-order valence-corrected chi connectivity index (χ0v) is 9.72. The van der Waals surface area contributed by atoms with Crippen molar-refractivity contribution in [2.75, 3.05) is 6.61 Å². The Labute approximate surface area is 101 Å². The Morgan fingerprint density at radius 1 is 1.06 bits per heavy atom. The van der Waals surface area contributed by atoms with Crippen LogP contribution in [0.5, 0.6) is 5.75 Å². The van der Waals surface area contributed by atoms with Gasteiger partial charge in [-0.3, -0.25) is 4.79 Å². The summed E-state index contributed by atoms with van der Waals surface area (Å²) in [5.41, 5.74) is 2.76. The molecule has 0 fully saturated rings. The van der Waals surface area contributed by atoms with Gasteiger partial charge in [-0.05, 0) is 30.2 Å². The molecule has 2 heteroatoms. The van der Waals surface area contributed by atoms with Crippen LogP contribution in [0.1, 0.15) is 17.3 Å². The summed E-state index contributed by atoms with van der Waals surface area (Å²) >= 11 is 0. The molecule has 0 spiro atoms. The summed E-state index contributed by atoms with van der Waals surface area (Å²) in [7, 11) is 0. The van der Waals surface area contributed by atoms with Crippen LogP contribution in [0.25, 0.3) is 11.1 Å². The van der Waals surface area contributed by atoms with Crippen molar-refractivity contribution < 1.29 is 9.53 Å². The molecular formula is C15H14O2. The van der Waals surface area contributed by atoms with Crippen LogP contribution in [-0.4, -0.2) is 12.9 Å². The maximum Gasteiger partial charge on any atom is 0.153 e. The van der Waals surface area contributed by atoms with Crippen LogP contribution < -0.4 is 4.74 Å². The van der Waals surface area contributed by atoms with Gasteiger partial charge < -0.3 is 4.74 Å². The summed E-state index contributed by atoms with van der Waals surface area (Å²) < 4.78 is 5.46. The third-order valence-corrected chi connectivity index (χ3v) is 2.55. The minimum atomic E-state index is 0.555. The largest absolute Gasteiger partial charge is 0.493 e. The van der Waals surface area contributed by atoms with Crippen LogP contribution in [0.15, 0.2) is 48.5 Å². The molecule has 0 unspecified atom stereocenters. The Morgan fingerprint density at radius 3 is 2.47 bits per heavy atom. The second-order valence-corrected chi connectivity index (χ2v) is 3.67. The molecule has 0 heterocycles. The fraction of sp³-hybridized carbons (Fsp3) is 0.133. The summed E-state index contributed by atoms with van der Waals surface area (Å²) in [6.07, 6.45) is 0.819. The number of hydrogen-bond acceptors (Lipinski definition) is 2. The van der Waals surface area contributed by atoms with Gasteiger partial charge >= 0.3 is 0 Å². The average molecular weight is 226 g/mol. The maximum absolute atomic E-state index is 10.9. The zero-order chi connectivity index (χ0) is 12.1. The smallest absolute Gasteiger partial charge is 0.153 e. The second-order valence-electron chi connectivity index (χ2n) is 3.67. The van der Waals surface area contributed by atoms with Crippen LogP contribution in [0.2, 0.25) is 0 Å². The Balaban J connectivity index is 2.43. The summed E-state index contributed by atoms with van der Waals surface area (Å²) in [6, 6.07) is 15.7. The Kier molecular flexibility index (Phi) is 3.55. The highest BCUT2D eigenvalue weighted by Crippen LogP contribution is 2.26. The molecule has 0 radical (unpaired) electrons. The van der Waals surface area contributed by atoms with E-state index in [1.165, 1.54) is 0 Å². The van der Waals surface area contributed by atoms with Gasteiger partial charge in [0.25, 0.3) is 0 Å². The van der Waals surface area contributed by atoms with E-state index in [9.17, 15) is 4.79 Å². The second kappa shape index (κ2) is 5.30. The molecule has 2 aromatic rings. The van der Waals surface area contributed by atoms with Crippen LogP contribution in [0.3, 0.4) is 0 Å². The standard InChI is InChI=1S/C15H14O2/c1-2-17-15-10-13(8-9-14(15)11-16)12-6-4-3-5-7-12/h3-11H,2H2,1H3. The number of hydrogen-bond donors (Lipinski definition) is 0. The molecule has 17 heavy (non-hydrogen) atoms. The van der Waals surface area contributed by atoms with Gasteiger partial charge in [-0.2, -0.15) is 0 Å². The molecule has 2 rings (SSSR count). The predicted molar refractivity (Wildman–Crippen MR) is 68.4 cm³/mol. The number of rotatable bonds is 4. The molecule has 2 aromatic carbocycles. The Bertz CT molecular complexity index is 504. The molecular weight excluding hydrogens is 212 g/mol. The molecule has 0 aliphatic carbocycles.